The zero-order valence-corrected chi connectivity index (χ0v) is 13.0. The predicted octanol–water partition coefficient (Wildman–Crippen LogP) is 2.86. The average molecular weight is 329 g/mol. The number of aromatic hydroxyl groups is 1. The minimum atomic E-state index is -0.216. The Balaban J connectivity index is 1.81. The summed E-state index contributed by atoms with van der Waals surface area (Å²) >= 11 is 12.2. The molecule has 3 rings (SSSR count). The normalized spacial score (nSPS) is 26.8. The van der Waals surface area contributed by atoms with Gasteiger partial charge < -0.3 is 16.2 Å². The SMILES string of the molecule is NC(=O)C(C1CC1)[C@H]1CN[C@@H](c2c(O)ccc(Cl)c2Cl)C1. The number of phenolic OH excluding ortho intramolecular Hbond substituents is 1. The molecule has 6 heteroatoms. The molecule has 1 aliphatic heterocycles. The van der Waals surface area contributed by atoms with Crippen molar-refractivity contribution < 1.29 is 9.90 Å². The third kappa shape index (κ3) is 2.85. The van der Waals surface area contributed by atoms with Gasteiger partial charge in [0.1, 0.15) is 5.75 Å². The van der Waals surface area contributed by atoms with E-state index in [0.29, 0.717) is 28.1 Å². The van der Waals surface area contributed by atoms with E-state index >= 15 is 0 Å². The van der Waals surface area contributed by atoms with Crippen LogP contribution in [0.5, 0.6) is 5.75 Å². The first-order valence-corrected chi connectivity index (χ1v) is 7.94. The number of hydrogen-bond acceptors (Lipinski definition) is 3. The lowest BCUT2D eigenvalue weighted by Crippen LogP contribution is -2.32. The number of benzene rings is 1. The first-order valence-electron chi connectivity index (χ1n) is 7.18. The topological polar surface area (TPSA) is 75.4 Å². The molecule has 1 amide bonds. The summed E-state index contributed by atoms with van der Waals surface area (Å²) in [6.45, 7) is 0.705. The van der Waals surface area contributed by atoms with Crippen LogP contribution in [0.15, 0.2) is 12.1 Å². The molecule has 0 aromatic heterocycles. The maximum absolute atomic E-state index is 11.7. The minimum Gasteiger partial charge on any atom is -0.508 e. The zero-order valence-electron chi connectivity index (χ0n) is 11.5. The van der Waals surface area contributed by atoms with Crippen LogP contribution in [0.25, 0.3) is 0 Å². The summed E-state index contributed by atoms with van der Waals surface area (Å²) in [5, 5.41) is 14.2. The van der Waals surface area contributed by atoms with Gasteiger partial charge in [0.25, 0.3) is 0 Å². The van der Waals surface area contributed by atoms with E-state index in [4.69, 9.17) is 28.9 Å². The number of amides is 1. The van der Waals surface area contributed by atoms with Crippen LogP contribution in [0.3, 0.4) is 0 Å². The van der Waals surface area contributed by atoms with E-state index in [1.807, 2.05) is 0 Å². The molecule has 1 unspecified atom stereocenters. The molecule has 3 atom stereocenters. The van der Waals surface area contributed by atoms with E-state index in [1.54, 1.807) is 12.1 Å². The Hall–Kier alpha value is -0.970. The summed E-state index contributed by atoms with van der Waals surface area (Å²) in [7, 11) is 0. The van der Waals surface area contributed by atoms with Gasteiger partial charge in [-0.15, -0.1) is 0 Å². The Kier molecular flexibility index (Phi) is 4.04. The molecule has 1 heterocycles. The molecule has 2 aliphatic rings. The van der Waals surface area contributed by atoms with Gasteiger partial charge in [0.2, 0.25) is 5.91 Å². The van der Waals surface area contributed by atoms with Gasteiger partial charge in [0.05, 0.1) is 10.0 Å². The predicted molar refractivity (Wildman–Crippen MR) is 82.4 cm³/mol. The molecule has 0 radical (unpaired) electrons. The van der Waals surface area contributed by atoms with Crippen LogP contribution in [0.2, 0.25) is 10.0 Å². The molecule has 0 bridgehead atoms. The number of rotatable bonds is 4. The van der Waals surface area contributed by atoms with Crippen molar-refractivity contribution >= 4 is 29.1 Å². The molecule has 1 saturated heterocycles. The molecule has 0 spiro atoms. The van der Waals surface area contributed by atoms with Crippen molar-refractivity contribution in [2.75, 3.05) is 6.54 Å². The van der Waals surface area contributed by atoms with Crippen LogP contribution in [-0.4, -0.2) is 17.6 Å². The number of nitrogens with one attached hydrogen (secondary N) is 1. The van der Waals surface area contributed by atoms with Gasteiger partial charge in [-0.3, -0.25) is 4.79 Å². The Bertz CT molecular complexity index is 575. The monoisotopic (exact) mass is 328 g/mol. The van der Waals surface area contributed by atoms with Crippen molar-refractivity contribution in [3.63, 3.8) is 0 Å². The highest BCUT2D eigenvalue weighted by atomic mass is 35.5. The van der Waals surface area contributed by atoms with Crippen molar-refractivity contribution in [3.05, 3.63) is 27.7 Å². The van der Waals surface area contributed by atoms with Gasteiger partial charge in [0.15, 0.2) is 0 Å². The van der Waals surface area contributed by atoms with Gasteiger partial charge in [-0.1, -0.05) is 23.2 Å². The second kappa shape index (κ2) is 5.67. The molecule has 114 valence electrons. The number of halogens is 2. The molecule has 4 N–H and O–H groups in total. The fraction of sp³-hybridized carbons (Fsp3) is 0.533. The number of phenols is 1. The number of carbonyl (C=O) groups is 1. The standard InChI is InChI=1S/C15H18Cl2N2O2/c16-9-3-4-11(20)13(14(9)17)10-5-8(6-19-10)12(15(18)21)7-1-2-7/h3-4,7-8,10,12,19-20H,1-2,5-6H2,(H2,18,21)/t8-,10-,12?/m1/s1. The molecule has 1 saturated carbocycles. The van der Waals surface area contributed by atoms with E-state index < -0.39 is 0 Å². The summed E-state index contributed by atoms with van der Waals surface area (Å²) in [6, 6.07) is 3.03. The van der Waals surface area contributed by atoms with Crippen molar-refractivity contribution in [3.8, 4) is 5.75 Å². The lowest BCUT2D eigenvalue weighted by molar-refractivity contribution is -0.124. The van der Waals surface area contributed by atoms with Crippen LogP contribution in [0, 0.1) is 17.8 Å². The lowest BCUT2D eigenvalue weighted by Gasteiger charge is -2.20. The molecule has 1 aromatic carbocycles. The van der Waals surface area contributed by atoms with Crippen LogP contribution < -0.4 is 11.1 Å². The first-order chi connectivity index (χ1) is 9.99. The maximum Gasteiger partial charge on any atom is 0.221 e. The van der Waals surface area contributed by atoms with Crippen molar-refractivity contribution in [2.45, 2.75) is 25.3 Å². The highest BCUT2D eigenvalue weighted by molar-refractivity contribution is 6.42. The van der Waals surface area contributed by atoms with E-state index in [-0.39, 0.29) is 29.5 Å². The van der Waals surface area contributed by atoms with Crippen molar-refractivity contribution in [1.29, 1.82) is 0 Å². The number of hydrogen-bond donors (Lipinski definition) is 3. The molecule has 2 fully saturated rings. The highest BCUT2D eigenvalue weighted by Crippen LogP contribution is 2.47. The van der Waals surface area contributed by atoms with E-state index in [1.165, 1.54) is 0 Å². The fourth-order valence-corrected chi connectivity index (χ4v) is 3.91. The second-order valence-electron chi connectivity index (χ2n) is 6.02. The Morgan fingerprint density at radius 1 is 1.33 bits per heavy atom. The van der Waals surface area contributed by atoms with Crippen LogP contribution >= 0.6 is 23.2 Å². The third-order valence-corrected chi connectivity index (χ3v) is 5.41. The number of primary amides is 1. The minimum absolute atomic E-state index is 0.0809. The average Bonchev–Trinajstić information content (AvgIpc) is 3.13. The summed E-state index contributed by atoms with van der Waals surface area (Å²) in [4.78, 5) is 11.7. The van der Waals surface area contributed by atoms with Crippen LogP contribution in [0.4, 0.5) is 0 Å². The van der Waals surface area contributed by atoms with E-state index in [9.17, 15) is 9.90 Å². The molecule has 21 heavy (non-hydrogen) atoms. The number of carbonyl (C=O) groups excluding carboxylic acids is 1. The summed E-state index contributed by atoms with van der Waals surface area (Å²) < 4.78 is 0. The van der Waals surface area contributed by atoms with Crippen molar-refractivity contribution in [2.24, 2.45) is 23.5 Å². The Labute approximate surface area is 133 Å². The second-order valence-corrected chi connectivity index (χ2v) is 6.80. The van der Waals surface area contributed by atoms with Crippen molar-refractivity contribution in [1.82, 2.24) is 5.32 Å². The summed E-state index contributed by atoms with van der Waals surface area (Å²) in [6.07, 6.45) is 2.90. The summed E-state index contributed by atoms with van der Waals surface area (Å²) in [5.41, 5.74) is 6.18. The third-order valence-electron chi connectivity index (χ3n) is 4.59. The van der Waals surface area contributed by atoms with Gasteiger partial charge >= 0.3 is 0 Å². The Morgan fingerprint density at radius 2 is 2.05 bits per heavy atom. The first kappa shape index (κ1) is 14.9. The smallest absolute Gasteiger partial charge is 0.221 e. The molecule has 4 nitrogen and oxygen atoms in total. The van der Waals surface area contributed by atoms with Gasteiger partial charge in [-0.25, -0.2) is 0 Å². The van der Waals surface area contributed by atoms with Gasteiger partial charge in [0, 0.05) is 17.5 Å². The largest absolute Gasteiger partial charge is 0.508 e. The lowest BCUT2D eigenvalue weighted by atomic mass is 9.84. The van der Waals surface area contributed by atoms with E-state index in [0.717, 1.165) is 19.3 Å². The maximum atomic E-state index is 11.7. The van der Waals surface area contributed by atoms with E-state index in [2.05, 4.69) is 5.32 Å². The van der Waals surface area contributed by atoms with Gasteiger partial charge in [-0.2, -0.15) is 0 Å². The molecular formula is C15H18Cl2N2O2. The number of nitrogens with two attached hydrogens (primary N) is 1. The molecule has 1 aromatic rings. The van der Waals surface area contributed by atoms with Crippen LogP contribution in [-0.2, 0) is 4.79 Å². The molecular weight excluding hydrogens is 311 g/mol. The highest BCUT2D eigenvalue weighted by Gasteiger charge is 2.43. The molecule has 1 aliphatic carbocycles. The summed E-state index contributed by atoms with van der Waals surface area (Å²) in [5.74, 6) is 0.449. The zero-order chi connectivity index (χ0) is 15.1. The quantitative estimate of drug-likeness (QED) is 0.795. The van der Waals surface area contributed by atoms with Gasteiger partial charge in [-0.05, 0) is 49.8 Å². The Morgan fingerprint density at radius 3 is 2.67 bits per heavy atom. The van der Waals surface area contributed by atoms with Crippen LogP contribution in [0.1, 0.15) is 30.9 Å². The fourth-order valence-electron chi connectivity index (χ4n) is 3.45.